The molecule has 1 fully saturated rings. The molecule has 0 saturated carbocycles. The molecule has 1 aliphatic carbocycles. The van der Waals surface area contributed by atoms with Crippen molar-refractivity contribution in [3.05, 3.63) is 80.8 Å². The molecule has 3 atom stereocenters. The Hall–Kier alpha value is -3.40. The number of rotatable bonds is 8. The molecular formula is C34H41N5O3S. The maximum Gasteiger partial charge on any atom is 0.280 e. The van der Waals surface area contributed by atoms with Gasteiger partial charge in [-0.15, -0.1) is 0 Å². The minimum absolute atomic E-state index is 0.132. The van der Waals surface area contributed by atoms with Crippen LogP contribution in [0.2, 0.25) is 0 Å². The van der Waals surface area contributed by atoms with E-state index in [0.717, 1.165) is 84.5 Å². The molecule has 0 bridgehead atoms. The summed E-state index contributed by atoms with van der Waals surface area (Å²) in [6, 6.07) is 13.4. The van der Waals surface area contributed by atoms with Crippen LogP contribution in [-0.2, 0) is 12.8 Å². The first kappa shape index (κ1) is 29.7. The molecule has 2 aliphatic rings. The summed E-state index contributed by atoms with van der Waals surface area (Å²) in [5.74, 6) is 0.752. The van der Waals surface area contributed by atoms with Crippen molar-refractivity contribution in [1.82, 2.24) is 25.2 Å². The molecular weight excluding hydrogens is 558 g/mol. The van der Waals surface area contributed by atoms with E-state index in [-0.39, 0.29) is 29.5 Å². The molecule has 6 rings (SSSR count). The number of benzene rings is 1. The quantitative estimate of drug-likeness (QED) is 0.251. The first-order valence-corrected chi connectivity index (χ1v) is 16.2. The molecule has 3 N–H and O–H groups in total. The smallest absolute Gasteiger partial charge is 0.280 e. The van der Waals surface area contributed by atoms with Crippen molar-refractivity contribution in [1.29, 1.82) is 0 Å². The summed E-state index contributed by atoms with van der Waals surface area (Å²) in [7, 11) is 0. The third-order valence-electron chi connectivity index (χ3n) is 9.27. The Labute approximate surface area is 256 Å². The van der Waals surface area contributed by atoms with Gasteiger partial charge < -0.3 is 20.3 Å². The number of nitrogens with one attached hydrogen (secondary N) is 2. The molecule has 226 valence electrons. The lowest BCUT2D eigenvalue weighted by Gasteiger charge is -2.34. The molecule has 1 aromatic carbocycles. The number of H-pyrrole nitrogens is 1. The van der Waals surface area contributed by atoms with Crippen LogP contribution in [0, 0.1) is 17.3 Å². The fourth-order valence-electron chi connectivity index (χ4n) is 6.47. The normalized spacial score (nSPS) is 19.8. The number of fused-ring (bicyclic) bond motifs is 2. The van der Waals surface area contributed by atoms with E-state index in [1.165, 1.54) is 23.0 Å². The van der Waals surface area contributed by atoms with Crippen LogP contribution in [0.4, 0.5) is 0 Å². The number of aliphatic hydroxyl groups is 1. The van der Waals surface area contributed by atoms with Crippen molar-refractivity contribution >= 4 is 27.6 Å². The molecule has 4 heterocycles. The SMILES string of the molecule is CC(C)(C)[C@H]1CCc2nc3sc(C(=O)N[C@H](CCN4CCC(CO)C4)c4ccc(-c5ccc(=O)[nH]c5)cc4)nc3cc2C1. The Morgan fingerprint density at radius 2 is 1.93 bits per heavy atom. The first-order chi connectivity index (χ1) is 20.7. The summed E-state index contributed by atoms with van der Waals surface area (Å²) in [6.07, 6.45) is 6.57. The van der Waals surface area contributed by atoms with E-state index in [4.69, 9.17) is 9.97 Å². The summed E-state index contributed by atoms with van der Waals surface area (Å²) in [6.45, 7) is 9.81. The van der Waals surface area contributed by atoms with Gasteiger partial charge in [0.1, 0.15) is 10.3 Å². The number of carbonyl (C=O) groups excluding carboxylic acids is 1. The molecule has 8 nitrogen and oxygen atoms in total. The Morgan fingerprint density at radius 1 is 1.14 bits per heavy atom. The van der Waals surface area contributed by atoms with Crippen LogP contribution < -0.4 is 10.9 Å². The lowest BCUT2D eigenvalue weighted by molar-refractivity contribution is 0.0931. The highest BCUT2D eigenvalue weighted by atomic mass is 32.1. The van der Waals surface area contributed by atoms with Gasteiger partial charge in [-0.25, -0.2) is 9.97 Å². The van der Waals surface area contributed by atoms with Gasteiger partial charge in [0.2, 0.25) is 5.56 Å². The van der Waals surface area contributed by atoms with Crippen molar-refractivity contribution in [3.63, 3.8) is 0 Å². The van der Waals surface area contributed by atoms with Gasteiger partial charge in [0, 0.05) is 37.7 Å². The lowest BCUT2D eigenvalue weighted by Crippen LogP contribution is -2.32. The van der Waals surface area contributed by atoms with E-state index in [1.807, 2.05) is 24.3 Å². The van der Waals surface area contributed by atoms with Gasteiger partial charge in [-0.1, -0.05) is 56.4 Å². The second-order valence-electron chi connectivity index (χ2n) is 13.3. The topological polar surface area (TPSA) is 111 Å². The van der Waals surface area contributed by atoms with Crippen molar-refractivity contribution < 1.29 is 9.90 Å². The maximum absolute atomic E-state index is 13.6. The zero-order valence-electron chi connectivity index (χ0n) is 25.2. The fourth-order valence-corrected chi connectivity index (χ4v) is 7.31. The third kappa shape index (κ3) is 6.74. The maximum atomic E-state index is 13.6. The molecule has 43 heavy (non-hydrogen) atoms. The van der Waals surface area contributed by atoms with Crippen LogP contribution in [0.5, 0.6) is 0 Å². The van der Waals surface area contributed by atoms with Crippen LogP contribution in [0.1, 0.15) is 72.7 Å². The molecule has 3 aromatic heterocycles. The van der Waals surface area contributed by atoms with Gasteiger partial charge in [0.25, 0.3) is 5.91 Å². The summed E-state index contributed by atoms with van der Waals surface area (Å²) >= 11 is 1.37. The summed E-state index contributed by atoms with van der Waals surface area (Å²) in [5.41, 5.74) is 6.27. The van der Waals surface area contributed by atoms with E-state index in [9.17, 15) is 14.7 Å². The Kier molecular flexibility index (Phi) is 8.49. The van der Waals surface area contributed by atoms with Crippen LogP contribution >= 0.6 is 11.3 Å². The van der Waals surface area contributed by atoms with Crippen molar-refractivity contribution in [2.45, 2.75) is 58.9 Å². The number of aliphatic hydroxyl groups excluding tert-OH is 1. The standard InChI is InChI=1S/C34H41N5O3S/c1-34(2,3)26-9-10-27-25(16-26)17-29-32(37-27)43-33(38-29)31(42)36-28(13-15-39-14-12-21(19-39)20-40)23-6-4-22(5-7-23)24-8-11-30(41)35-18-24/h4-8,11,17-18,21,26,28,40H,9-10,12-16,19-20H2,1-3H3,(H,35,41)(H,36,42)/t21?,26-,28+/m0/s1. The number of carbonyl (C=O) groups is 1. The average Bonchev–Trinajstić information content (AvgIpc) is 3.64. The highest BCUT2D eigenvalue weighted by Gasteiger charge is 2.30. The Bertz CT molecular complexity index is 1640. The third-order valence-corrected chi connectivity index (χ3v) is 10.2. The molecule has 1 aliphatic heterocycles. The number of amides is 1. The van der Waals surface area contributed by atoms with Gasteiger partial charge in [-0.05, 0) is 90.3 Å². The largest absolute Gasteiger partial charge is 0.396 e. The van der Waals surface area contributed by atoms with Gasteiger partial charge in [-0.3, -0.25) is 9.59 Å². The van der Waals surface area contributed by atoms with Gasteiger partial charge in [0.05, 0.1) is 6.04 Å². The van der Waals surface area contributed by atoms with E-state index in [0.29, 0.717) is 16.8 Å². The number of aryl methyl sites for hydroxylation is 1. The second kappa shape index (κ2) is 12.3. The number of aromatic amines is 1. The number of nitrogens with zero attached hydrogens (tertiary/aromatic N) is 3. The predicted octanol–water partition coefficient (Wildman–Crippen LogP) is 5.37. The minimum Gasteiger partial charge on any atom is -0.396 e. The number of pyridine rings is 2. The molecule has 1 saturated heterocycles. The van der Waals surface area contributed by atoms with Crippen LogP contribution in [0.3, 0.4) is 0 Å². The summed E-state index contributed by atoms with van der Waals surface area (Å²) in [4.78, 5) is 40.8. The molecule has 0 spiro atoms. The number of hydrogen-bond donors (Lipinski definition) is 3. The van der Waals surface area contributed by atoms with Crippen molar-refractivity contribution in [2.75, 3.05) is 26.2 Å². The average molecular weight is 600 g/mol. The highest BCUT2D eigenvalue weighted by molar-refractivity contribution is 7.19. The van der Waals surface area contributed by atoms with E-state index >= 15 is 0 Å². The van der Waals surface area contributed by atoms with E-state index < -0.39 is 0 Å². The summed E-state index contributed by atoms with van der Waals surface area (Å²) in [5, 5.41) is 13.3. The zero-order chi connectivity index (χ0) is 30.1. The van der Waals surface area contributed by atoms with Crippen LogP contribution in [0.25, 0.3) is 21.5 Å². The number of aromatic nitrogens is 3. The summed E-state index contributed by atoms with van der Waals surface area (Å²) < 4.78 is 0. The molecule has 1 unspecified atom stereocenters. The second-order valence-corrected chi connectivity index (χ2v) is 14.2. The molecule has 1 amide bonds. The highest BCUT2D eigenvalue weighted by Crippen LogP contribution is 2.38. The molecule has 9 heteroatoms. The zero-order valence-corrected chi connectivity index (χ0v) is 26.0. The van der Waals surface area contributed by atoms with Crippen molar-refractivity contribution in [3.8, 4) is 11.1 Å². The number of thiazole rings is 1. The molecule has 4 aromatic rings. The number of hydrogen-bond acceptors (Lipinski definition) is 7. The number of likely N-dealkylation sites (tertiary alicyclic amines) is 1. The fraction of sp³-hybridized carbons (Fsp3) is 0.471. The molecule has 0 radical (unpaired) electrons. The predicted molar refractivity (Wildman–Crippen MR) is 171 cm³/mol. The van der Waals surface area contributed by atoms with E-state index in [2.05, 4.69) is 42.0 Å². The van der Waals surface area contributed by atoms with Crippen LogP contribution in [0.15, 0.2) is 53.5 Å². The van der Waals surface area contributed by atoms with Crippen LogP contribution in [-0.4, -0.2) is 57.1 Å². The van der Waals surface area contributed by atoms with Gasteiger partial charge in [0.15, 0.2) is 5.01 Å². The Morgan fingerprint density at radius 3 is 2.63 bits per heavy atom. The minimum atomic E-state index is -0.203. The first-order valence-electron chi connectivity index (χ1n) is 15.4. The van der Waals surface area contributed by atoms with Crippen molar-refractivity contribution in [2.24, 2.45) is 17.3 Å². The van der Waals surface area contributed by atoms with E-state index in [1.54, 1.807) is 12.3 Å². The Balaban J connectivity index is 1.22. The monoisotopic (exact) mass is 599 g/mol. The lowest BCUT2D eigenvalue weighted by atomic mass is 9.71. The van der Waals surface area contributed by atoms with Gasteiger partial charge >= 0.3 is 0 Å². The van der Waals surface area contributed by atoms with Gasteiger partial charge in [-0.2, -0.15) is 0 Å².